The Morgan fingerprint density at radius 3 is 2.93 bits per heavy atom. The van der Waals surface area contributed by atoms with Crippen LogP contribution >= 0.6 is 0 Å². The minimum atomic E-state index is -0.999. The van der Waals surface area contributed by atoms with Crippen LogP contribution in [0.5, 0.6) is 5.88 Å². The molecule has 1 fully saturated rings. The molecule has 0 bridgehead atoms. The smallest absolute Gasteiger partial charge is 0.344 e. The molecule has 1 aromatic heterocycles. The summed E-state index contributed by atoms with van der Waals surface area (Å²) in [7, 11) is 0. The lowest BCUT2D eigenvalue weighted by Crippen LogP contribution is -2.23. The van der Waals surface area contributed by atoms with Gasteiger partial charge in [-0.25, -0.2) is 14.8 Å². The molecule has 1 heterocycles. The Morgan fingerprint density at radius 2 is 2.33 bits per heavy atom. The van der Waals surface area contributed by atoms with Gasteiger partial charge in [-0.15, -0.1) is 0 Å². The zero-order chi connectivity index (χ0) is 10.8. The van der Waals surface area contributed by atoms with Crippen molar-refractivity contribution in [1.82, 2.24) is 9.97 Å². The number of carbonyl (C=O) groups is 1. The first kappa shape index (κ1) is 9.89. The zero-order valence-electron chi connectivity index (χ0n) is 8.38. The van der Waals surface area contributed by atoms with E-state index in [1.807, 2.05) is 0 Å². The number of aromatic nitrogens is 2. The summed E-state index contributed by atoms with van der Waals surface area (Å²) in [5, 5.41) is 8.67. The van der Waals surface area contributed by atoms with E-state index in [9.17, 15) is 4.79 Å². The zero-order valence-corrected chi connectivity index (χ0v) is 8.38. The molecule has 0 aliphatic heterocycles. The van der Waals surface area contributed by atoms with Crippen molar-refractivity contribution in [3.8, 4) is 5.88 Å². The van der Waals surface area contributed by atoms with E-state index < -0.39 is 12.1 Å². The summed E-state index contributed by atoms with van der Waals surface area (Å²) in [5.74, 6) is -0.154. The van der Waals surface area contributed by atoms with E-state index in [-0.39, 0.29) is 0 Å². The molecule has 5 heteroatoms. The van der Waals surface area contributed by atoms with Crippen molar-refractivity contribution in [2.75, 3.05) is 0 Å². The quantitative estimate of drug-likeness (QED) is 0.805. The van der Waals surface area contributed by atoms with Crippen molar-refractivity contribution < 1.29 is 14.6 Å². The molecular weight excluding hydrogens is 196 g/mol. The third-order valence-corrected chi connectivity index (χ3v) is 2.30. The molecular formula is C10H12N2O3. The number of rotatable bonds is 4. The van der Waals surface area contributed by atoms with Gasteiger partial charge in [-0.1, -0.05) is 0 Å². The van der Waals surface area contributed by atoms with E-state index in [0.717, 1.165) is 18.5 Å². The third-order valence-electron chi connectivity index (χ3n) is 2.30. The van der Waals surface area contributed by atoms with Crippen LogP contribution in [0.2, 0.25) is 0 Å². The maximum atomic E-state index is 10.6. The van der Waals surface area contributed by atoms with Gasteiger partial charge < -0.3 is 9.84 Å². The highest BCUT2D eigenvalue weighted by Gasteiger charge is 2.25. The predicted molar refractivity (Wildman–Crippen MR) is 51.7 cm³/mol. The summed E-state index contributed by atoms with van der Waals surface area (Å²) in [6.45, 7) is 1.47. The second-order valence-corrected chi connectivity index (χ2v) is 3.65. The Balaban J connectivity index is 2.07. The number of aliphatic carboxylic acids is 1. The molecule has 1 aromatic rings. The van der Waals surface area contributed by atoms with E-state index in [1.165, 1.54) is 13.3 Å². The highest BCUT2D eigenvalue weighted by atomic mass is 16.5. The van der Waals surface area contributed by atoms with Crippen LogP contribution in [0.4, 0.5) is 0 Å². The molecule has 0 aromatic carbocycles. The van der Waals surface area contributed by atoms with Crippen LogP contribution in [-0.2, 0) is 4.79 Å². The summed E-state index contributed by atoms with van der Waals surface area (Å²) in [5.41, 5.74) is 0.942. The number of hydrogen-bond donors (Lipinski definition) is 1. The van der Waals surface area contributed by atoms with Crippen LogP contribution in [-0.4, -0.2) is 27.1 Å². The maximum Gasteiger partial charge on any atom is 0.344 e. The Bertz CT molecular complexity index is 377. The minimum absolute atomic E-state index is 0.335. The van der Waals surface area contributed by atoms with E-state index >= 15 is 0 Å². The van der Waals surface area contributed by atoms with Gasteiger partial charge in [-0.3, -0.25) is 0 Å². The minimum Gasteiger partial charge on any atom is -0.479 e. The third kappa shape index (κ3) is 2.43. The monoisotopic (exact) mass is 208 g/mol. The second-order valence-electron chi connectivity index (χ2n) is 3.65. The summed E-state index contributed by atoms with van der Waals surface area (Å²) >= 11 is 0. The van der Waals surface area contributed by atoms with Crippen molar-refractivity contribution >= 4 is 5.97 Å². The molecule has 15 heavy (non-hydrogen) atoms. The van der Waals surface area contributed by atoms with E-state index in [4.69, 9.17) is 9.84 Å². The summed E-state index contributed by atoms with van der Waals surface area (Å²) in [4.78, 5) is 18.6. The summed E-state index contributed by atoms with van der Waals surface area (Å²) in [6.07, 6.45) is 2.82. The van der Waals surface area contributed by atoms with Gasteiger partial charge in [-0.2, -0.15) is 0 Å². The maximum absolute atomic E-state index is 10.6. The van der Waals surface area contributed by atoms with E-state index in [1.54, 1.807) is 6.07 Å². The van der Waals surface area contributed by atoms with Crippen molar-refractivity contribution in [3.05, 3.63) is 18.1 Å². The molecule has 0 saturated heterocycles. The molecule has 1 aliphatic carbocycles. The van der Waals surface area contributed by atoms with Crippen LogP contribution in [0.25, 0.3) is 0 Å². The fourth-order valence-corrected chi connectivity index (χ4v) is 1.25. The molecule has 1 aliphatic rings. The first-order valence-corrected chi connectivity index (χ1v) is 4.88. The standard InChI is InChI=1S/C10H12N2O3/c1-6(10(13)14)15-9-4-8(7-2-3-7)11-5-12-9/h4-7H,2-3H2,1H3,(H,13,14). The molecule has 0 amide bonds. The van der Waals surface area contributed by atoms with Crippen molar-refractivity contribution in [1.29, 1.82) is 0 Å². The van der Waals surface area contributed by atoms with Crippen molar-refractivity contribution in [2.24, 2.45) is 0 Å². The van der Waals surface area contributed by atoms with Crippen molar-refractivity contribution in [3.63, 3.8) is 0 Å². The Kier molecular flexibility index (Phi) is 2.53. The fraction of sp³-hybridized carbons (Fsp3) is 0.500. The van der Waals surface area contributed by atoms with Crippen LogP contribution in [0.15, 0.2) is 12.4 Å². The van der Waals surface area contributed by atoms with Crippen molar-refractivity contribution in [2.45, 2.75) is 31.8 Å². The Labute approximate surface area is 87.1 Å². The number of carboxylic acids is 1. The topological polar surface area (TPSA) is 72.3 Å². The average molecular weight is 208 g/mol. The van der Waals surface area contributed by atoms with Gasteiger partial charge in [0.15, 0.2) is 6.10 Å². The van der Waals surface area contributed by atoms with Gasteiger partial charge in [0.25, 0.3) is 0 Å². The Morgan fingerprint density at radius 1 is 1.60 bits per heavy atom. The van der Waals surface area contributed by atoms with E-state index in [0.29, 0.717) is 11.8 Å². The SMILES string of the molecule is CC(Oc1cc(C2CC2)ncn1)C(=O)O. The van der Waals surface area contributed by atoms with Gasteiger partial charge in [0.2, 0.25) is 5.88 Å². The summed E-state index contributed by atoms with van der Waals surface area (Å²) in [6, 6.07) is 1.72. The summed E-state index contributed by atoms with van der Waals surface area (Å²) < 4.78 is 5.14. The Hall–Kier alpha value is -1.65. The van der Waals surface area contributed by atoms with Crippen LogP contribution in [0, 0.1) is 0 Å². The lowest BCUT2D eigenvalue weighted by Gasteiger charge is -2.09. The van der Waals surface area contributed by atoms with Crippen LogP contribution < -0.4 is 4.74 Å². The lowest BCUT2D eigenvalue weighted by atomic mass is 10.3. The number of hydrogen-bond acceptors (Lipinski definition) is 4. The molecule has 1 unspecified atom stereocenters. The van der Waals surface area contributed by atoms with Gasteiger partial charge in [-0.05, 0) is 19.8 Å². The first-order valence-electron chi connectivity index (χ1n) is 4.88. The lowest BCUT2D eigenvalue weighted by molar-refractivity contribution is -0.144. The predicted octanol–water partition coefficient (Wildman–Crippen LogP) is 1.21. The van der Waals surface area contributed by atoms with Gasteiger partial charge >= 0.3 is 5.97 Å². The number of nitrogens with zero attached hydrogens (tertiary/aromatic N) is 2. The molecule has 1 saturated carbocycles. The van der Waals surface area contributed by atoms with E-state index in [2.05, 4.69) is 9.97 Å². The largest absolute Gasteiger partial charge is 0.479 e. The highest BCUT2D eigenvalue weighted by molar-refractivity contribution is 5.72. The molecule has 1 atom stereocenters. The normalized spacial score (nSPS) is 17.1. The molecule has 0 spiro atoms. The second kappa shape index (κ2) is 3.84. The molecule has 5 nitrogen and oxygen atoms in total. The molecule has 80 valence electrons. The molecule has 1 N–H and O–H groups in total. The molecule has 0 radical (unpaired) electrons. The number of carboxylic acid groups (broad SMARTS) is 1. The fourth-order valence-electron chi connectivity index (χ4n) is 1.25. The van der Waals surface area contributed by atoms with Crippen LogP contribution in [0.3, 0.4) is 0 Å². The highest BCUT2D eigenvalue weighted by Crippen LogP contribution is 2.39. The van der Waals surface area contributed by atoms with Crippen LogP contribution in [0.1, 0.15) is 31.4 Å². The van der Waals surface area contributed by atoms with Gasteiger partial charge in [0.05, 0.1) is 5.69 Å². The first-order chi connectivity index (χ1) is 7.16. The number of ether oxygens (including phenoxy) is 1. The van der Waals surface area contributed by atoms with Gasteiger partial charge in [0, 0.05) is 12.0 Å². The average Bonchev–Trinajstić information content (AvgIpc) is 3.01. The van der Waals surface area contributed by atoms with Gasteiger partial charge in [0.1, 0.15) is 6.33 Å². The molecule has 2 rings (SSSR count).